The lowest BCUT2D eigenvalue weighted by molar-refractivity contribution is -0.385. The second-order valence-corrected chi connectivity index (χ2v) is 6.05. The van der Waals surface area contributed by atoms with Crippen LogP contribution in [-0.4, -0.2) is 49.7 Å². The molecular weight excluding hydrogens is 382 g/mol. The molecule has 0 fully saturated rings. The molecule has 2 amide bonds. The maximum absolute atomic E-state index is 12.0. The summed E-state index contributed by atoms with van der Waals surface area (Å²) in [5.74, 6) is -0.959. The van der Waals surface area contributed by atoms with Gasteiger partial charge in [0.15, 0.2) is 5.82 Å². The number of nitrogens with zero attached hydrogens (tertiary/aromatic N) is 5. The van der Waals surface area contributed by atoms with Gasteiger partial charge < -0.3 is 15.2 Å². The Labute approximate surface area is 164 Å². The smallest absolute Gasteiger partial charge is 0.316 e. The molecule has 0 aliphatic carbocycles. The molecule has 1 aromatic carbocycles. The van der Waals surface area contributed by atoms with Crippen LogP contribution in [0.4, 0.5) is 5.69 Å². The lowest BCUT2D eigenvalue weighted by Gasteiger charge is -2.06. The Hall–Kier alpha value is -4.09. The molecule has 0 radical (unpaired) electrons. The monoisotopic (exact) mass is 399 g/mol. The topological polar surface area (TPSA) is 158 Å². The van der Waals surface area contributed by atoms with Gasteiger partial charge in [-0.15, -0.1) is 0 Å². The van der Waals surface area contributed by atoms with Crippen molar-refractivity contribution in [2.24, 2.45) is 0 Å². The van der Waals surface area contributed by atoms with E-state index in [0.717, 1.165) is 11.8 Å². The number of rotatable bonds is 8. The summed E-state index contributed by atoms with van der Waals surface area (Å²) in [6.07, 6.45) is 2.31. The molecule has 12 nitrogen and oxygen atoms in total. The van der Waals surface area contributed by atoms with Gasteiger partial charge in [-0.25, -0.2) is 0 Å². The second kappa shape index (κ2) is 8.73. The Morgan fingerprint density at radius 3 is 2.52 bits per heavy atom. The Balaban J connectivity index is 1.44. The minimum absolute atomic E-state index is 0.0111. The average Bonchev–Trinajstić information content (AvgIpc) is 3.35. The molecule has 2 N–H and O–H groups in total. The van der Waals surface area contributed by atoms with Crippen molar-refractivity contribution >= 4 is 17.5 Å². The maximum Gasteiger partial charge on any atom is 0.316 e. The molecule has 0 unspecified atom stereocenters. The summed E-state index contributed by atoms with van der Waals surface area (Å²) in [5, 5.41) is 23.3. The van der Waals surface area contributed by atoms with Crippen LogP contribution >= 0.6 is 0 Å². The zero-order valence-electron chi connectivity index (χ0n) is 15.4. The van der Waals surface area contributed by atoms with E-state index < -0.39 is 10.8 Å². The van der Waals surface area contributed by atoms with Crippen LogP contribution in [0.3, 0.4) is 0 Å². The number of carbonyl (C=O) groups is 2. The van der Waals surface area contributed by atoms with Gasteiger partial charge in [-0.1, -0.05) is 22.9 Å². The predicted octanol–water partition coefficient (Wildman–Crippen LogP) is 0.691. The minimum atomic E-state index is -0.597. The highest BCUT2D eigenvalue weighted by atomic mass is 16.6. The van der Waals surface area contributed by atoms with E-state index in [9.17, 15) is 19.7 Å². The first-order chi connectivity index (χ1) is 13.9. The largest absolute Gasteiger partial charge is 0.350 e. The first-order valence-corrected chi connectivity index (χ1v) is 8.55. The van der Waals surface area contributed by atoms with Gasteiger partial charge in [0, 0.05) is 18.7 Å². The van der Waals surface area contributed by atoms with Crippen molar-refractivity contribution in [3.8, 4) is 0 Å². The van der Waals surface area contributed by atoms with Crippen molar-refractivity contribution in [3.05, 3.63) is 69.6 Å². The van der Waals surface area contributed by atoms with Gasteiger partial charge in [0.05, 0.1) is 4.92 Å². The van der Waals surface area contributed by atoms with Crippen molar-refractivity contribution in [2.45, 2.75) is 13.5 Å². The predicted molar refractivity (Wildman–Crippen MR) is 98.1 cm³/mol. The van der Waals surface area contributed by atoms with Crippen LogP contribution < -0.4 is 10.6 Å². The Morgan fingerprint density at radius 2 is 1.86 bits per heavy atom. The van der Waals surface area contributed by atoms with Gasteiger partial charge >= 0.3 is 17.5 Å². The Morgan fingerprint density at radius 1 is 1.17 bits per heavy atom. The quantitative estimate of drug-likeness (QED) is 0.318. The number of aromatic nitrogens is 4. The zero-order chi connectivity index (χ0) is 20.8. The van der Waals surface area contributed by atoms with Crippen molar-refractivity contribution in [2.75, 3.05) is 13.1 Å². The molecule has 2 aromatic heterocycles. The lowest BCUT2D eigenvalue weighted by atomic mass is 10.1. The number of amides is 2. The number of aryl methyl sites for hydroxylation is 1. The van der Waals surface area contributed by atoms with E-state index in [2.05, 4.69) is 25.9 Å². The summed E-state index contributed by atoms with van der Waals surface area (Å²) in [6, 6.07) is 7.12. The van der Waals surface area contributed by atoms with Gasteiger partial charge in [0.2, 0.25) is 0 Å². The SMILES string of the molecule is Cc1ccc(C(=O)NCCNC(=O)c2nc(Cn3cc([N+](=O)[O-])cn3)no2)cc1. The van der Waals surface area contributed by atoms with Crippen LogP contribution in [-0.2, 0) is 6.54 Å². The molecule has 0 atom stereocenters. The molecule has 0 saturated heterocycles. The fourth-order valence-electron chi connectivity index (χ4n) is 2.32. The zero-order valence-corrected chi connectivity index (χ0v) is 15.4. The number of nitro groups is 1. The molecule has 0 aliphatic rings. The molecule has 3 aromatic rings. The average molecular weight is 399 g/mol. The van der Waals surface area contributed by atoms with E-state index >= 15 is 0 Å². The van der Waals surface area contributed by atoms with E-state index in [0.29, 0.717) is 5.56 Å². The molecule has 150 valence electrons. The van der Waals surface area contributed by atoms with Crippen LogP contribution in [0.2, 0.25) is 0 Å². The molecule has 0 aliphatic heterocycles. The number of benzene rings is 1. The number of hydrogen-bond acceptors (Lipinski definition) is 8. The summed E-state index contributed by atoms with van der Waals surface area (Å²) in [5.41, 5.74) is 1.42. The molecule has 12 heteroatoms. The third-order valence-electron chi connectivity index (χ3n) is 3.81. The Bertz CT molecular complexity index is 1020. The fourth-order valence-corrected chi connectivity index (χ4v) is 2.32. The molecule has 0 saturated carbocycles. The number of nitrogens with one attached hydrogen (secondary N) is 2. The third-order valence-corrected chi connectivity index (χ3v) is 3.81. The lowest BCUT2D eigenvalue weighted by Crippen LogP contribution is -2.34. The van der Waals surface area contributed by atoms with E-state index in [-0.39, 0.29) is 42.9 Å². The van der Waals surface area contributed by atoms with E-state index in [1.54, 1.807) is 12.1 Å². The van der Waals surface area contributed by atoms with Crippen LogP contribution in [0.5, 0.6) is 0 Å². The first kappa shape index (κ1) is 19.7. The standard InChI is InChI=1S/C17H17N7O5/c1-11-2-4-12(5-3-11)15(25)18-6-7-19-16(26)17-21-14(22-29-17)10-23-9-13(8-20-23)24(27)28/h2-5,8-9H,6-7,10H2,1H3,(H,18,25)(H,19,26). The van der Waals surface area contributed by atoms with Gasteiger partial charge in [-0.05, 0) is 19.1 Å². The van der Waals surface area contributed by atoms with E-state index in [4.69, 9.17) is 4.52 Å². The molecule has 2 heterocycles. The second-order valence-electron chi connectivity index (χ2n) is 6.05. The fraction of sp³-hybridized carbons (Fsp3) is 0.235. The highest BCUT2D eigenvalue weighted by Gasteiger charge is 2.16. The summed E-state index contributed by atoms with van der Waals surface area (Å²) in [7, 11) is 0. The summed E-state index contributed by atoms with van der Waals surface area (Å²) in [4.78, 5) is 38.0. The van der Waals surface area contributed by atoms with Crippen LogP contribution in [0, 0.1) is 17.0 Å². The van der Waals surface area contributed by atoms with Gasteiger partial charge in [0.25, 0.3) is 5.91 Å². The van der Waals surface area contributed by atoms with Crippen molar-refractivity contribution in [1.29, 1.82) is 0 Å². The van der Waals surface area contributed by atoms with E-state index in [1.807, 2.05) is 19.1 Å². The highest BCUT2D eigenvalue weighted by molar-refractivity contribution is 5.94. The third kappa shape index (κ3) is 5.22. The van der Waals surface area contributed by atoms with Gasteiger partial charge in [0.1, 0.15) is 18.9 Å². The van der Waals surface area contributed by atoms with Crippen LogP contribution in [0.15, 0.2) is 41.2 Å². The summed E-state index contributed by atoms with van der Waals surface area (Å²) < 4.78 is 6.13. The van der Waals surface area contributed by atoms with Crippen LogP contribution in [0.1, 0.15) is 32.4 Å². The maximum atomic E-state index is 12.0. The van der Waals surface area contributed by atoms with E-state index in [1.165, 1.54) is 10.9 Å². The summed E-state index contributed by atoms with van der Waals surface area (Å²) in [6.45, 7) is 2.33. The minimum Gasteiger partial charge on any atom is -0.350 e. The van der Waals surface area contributed by atoms with Crippen molar-refractivity contribution in [1.82, 2.24) is 30.6 Å². The molecule has 0 spiro atoms. The highest BCUT2D eigenvalue weighted by Crippen LogP contribution is 2.09. The van der Waals surface area contributed by atoms with Crippen molar-refractivity contribution in [3.63, 3.8) is 0 Å². The number of hydrogen-bond donors (Lipinski definition) is 2. The molecular formula is C17H17N7O5. The Kier molecular flexibility index (Phi) is 5.92. The summed E-state index contributed by atoms with van der Waals surface area (Å²) >= 11 is 0. The van der Waals surface area contributed by atoms with Crippen LogP contribution in [0.25, 0.3) is 0 Å². The van der Waals surface area contributed by atoms with Gasteiger partial charge in [-0.2, -0.15) is 10.1 Å². The van der Waals surface area contributed by atoms with Gasteiger partial charge in [-0.3, -0.25) is 24.4 Å². The normalized spacial score (nSPS) is 10.5. The molecule has 3 rings (SSSR count). The molecule has 29 heavy (non-hydrogen) atoms. The first-order valence-electron chi connectivity index (χ1n) is 8.55. The molecule has 0 bridgehead atoms. The van der Waals surface area contributed by atoms with Crippen molar-refractivity contribution < 1.29 is 19.0 Å². The number of carbonyl (C=O) groups excluding carboxylic acids is 2.